The van der Waals surface area contributed by atoms with Gasteiger partial charge >= 0.3 is 12.1 Å². The molecule has 0 aromatic heterocycles. The van der Waals surface area contributed by atoms with Crippen LogP contribution in [0.1, 0.15) is 47.9 Å². The number of ether oxygens (including phenoxy) is 2. The van der Waals surface area contributed by atoms with E-state index in [-0.39, 0.29) is 17.4 Å². The molecule has 1 saturated carbocycles. The fraction of sp³-hybridized carbons (Fsp3) is 0.400. The summed E-state index contributed by atoms with van der Waals surface area (Å²) in [5.74, 6) is -0.327. The number of carbonyl (C=O) groups is 1. The number of halogens is 3. The standard InChI is InChI=1S/C25H25F3O4/c1-14-12-20(15(2)11-19(14)16-5-4-6-17(13-16)25(26,27)28)21-22(29)24(32-23(21)30)9-7-18(31-3)8-10-24/h4-6,11-13,18,29H,7-10H2,1-3H3/p+1. The summed E-state index contributed by atoms with van der Waals surface area (Å²) in [6.45, 7) is 3.59. The number of methoxy groups -OCH3 is 1. The van der Waals surface area contributed by atoms with E-state index >= 15 is 0 Å². The van der Waals surface area contributed by atoms with Gasteiger partial charge in [0.25, 0.3) is 5.76 Å². The molecule has 0 atom stereocenters. The summed E-state index contributed by atoms with van der Waals surface area (Å²) >= 11 is 0. The zero-order valence-corrected chi connectivity index (χ0v) is 18.2. The van der Waals surface area contributed by atoms with Crippen molar-refractivity contribution >= 4 is 11.5 Å². The van der Waals surface area contributed by atoms with E-state index in [1.807, 2.05) is 0 Å². The van der Waals surface area contributed by atoms with Crippen molar-refractivity contribution in [1.82, 2.24) is 0 Å². The maximum atomic E-state index is 13.2. The van der Waals surface area contributed by atoms with E-state index in [1.54, 1.807) is 39.2 Å². The van der Waals surface area contributed by atoms with E-state index in [4.69, 9.17) is 14.6 Å². The van der Waals surface area contributed by atoms with Gasteiger partial charge in [0.15, 0.2) is 5.57 Å². The molecule has 4 rings (SSSR count). The second-order valence-electron chi connectivity index (χ2n) is 8.63. The second kappa shape index (κ2) is 7.96. The lowest BCUT2D eigenvalue weighted by molar-refractivity contribution is -0.152. The number of carbonyl (C=O) groups excluding carboxylic acids is 1. The molecular formula is C25H26F3O4+. The fourth-order valence-electron chi connectivity index (χ4n) is 4.76. The highest BCUT2D eigenvalue weighted by Crippen LogP contribution is 2.46. The van der Waals surface area contributed by atoms with Gasteiger partial charge in [-0.05, 0) is 67.1 Å². The topological polar surface area (TPSA) is 58.4 Å². The van der Waals surface area contributed by atoms with Crippen molar-refractivity contribution in [2.45, 2.75) is 57.4 Å². The lowest BCUT2D eigenvalue weighted by atomic mass is 9.80. The molecule has 4 nitrogen and oxygen atoms in total. The number of hydrogen-bond acceptors (Lipinski definition) is 3. The first-order chi connectivity index (χ1) is 15.1. The Hall–Kier alpha value is -2.80. The smallest absolute Gasteiger partial charge is 0.416 e. The average molecular weight is 447 g/mol. The van der Waals surface area contributed by atoms with Crippen molar-refractivity contribution in [3.63, 3.8) is 0 Å². The Morgan fingerprint density at radius 1 is 1.06 bits per heavy atom. The van der Waals surface area contributed by atoms with E-state index < -0.39 is 23.3 Å². The minimum absolute atomic E-state index is 0.104. The minimum atomic E-state index is -4.42. The van der Waals surface area contributed by atoms with Crippen LogP contribution in [0.15, 0.2) is 42.2 Å². The zero-order valence-electron chi connectivity index (χ0n) is 18.2. The van der Waals surface area contributed by atoms with Crippen LogP contribution in [0.4, 0.5) is 13.2 Å². The van der Waals surface area contributed by atoms with Gasteiger partial charge in [0.2, 0.25) is 5.60 Å². The van der Waals surface area contributed by atoms with Crippen molar-refractivity contribution < 1.29 is 32.5 Å². The lowest BCUT2D eigenvalue weighted by Crippen LogP contribution is -2.38. The summed E-state index contributed by atoms with van der Waals surface area (Å²) in [5, 5.41) is 8.77. The molecule has 7 heteroatoms. The predicted octanol–water partition coefficient (Wildman–Crippen LogP) is 5.31. The van der Waals surface area contributed by atoms with E-state index in [0.717, 1.165) is 17.7 Å². The van der Waals surface area contributed by atoms with Crippen LogP contribution in [0.25, 0.3) is 16.7 Å². The Bertz CT molecular complexity index is 1090. The van der Waals surface area contributed by atoms with Crippen LogP contribution in [0.5, 0.6) is 0 Å². The molecule has 1 aliphatic carbocycles. The molecule has 0 saturated heterocycles. The largest absolute Gasteiger partial charge is 0.593 e. The molecule has 2 aromatic rings. The first kappa shape index (κ1) is 22.4. The number of benzene rings is 2. The minimum Gasteiger partial charge on any atom is -0.593 e. The highest BCUT2D eigenvalue weighted by atomic mass is 19.4. The van der Waals surface area contributed by atoms with E-state index in [2.05, 4.69) is 0 Å². The number of hydrogen-bond donors (Lipinski definition) is 0. The molecule has 0 radical (unpaired) electrons. The van der Waals surface area contributed by atoms with Crippen LogP contribution in [0, 0.1) is 13.8 Å². The van der Waals surface area contributed by atoms with Crippen molar-refractivity contribution in [1.29, 1.82) is 0 Å². The molecular weight excluding hydrogens is 421 g/mol. The van der Waals surface area contributed by atoms with E-state index in [0.29, 0.717) is 47.9 Å². The van der Waals surface area contributed by atoms with Crippen LogP contribution in [0.2, 0.25) is 0 Å². The molecule has 170 valence electrons. The molecule has 2 aromatic carbocycles. The van der Waals surface area contributed by atoms with Crippen LogP contribution in [0.3, 0.4) is 0 Å². The molecule has 0 bridgehead atoms. The number of rotatable bonds is 3. The molecule has 1 aliphatic heterocycles. The SMILES string of the molecule is COC1CCC2(CC1)OC(=O)C(c1cc(C)c(-c3cccc(C(F)(F)F)c3)cc1C)=C2[OH2+]. The Morgan fingerprint density at radius 2 is 1.69 bits per heavy atom. The highest BCUT2D eigenvalue weighted by Gasteiger charge is 2.54. The van der Waals surface area contributed by atoms with Gasteiger partial charge in [-0.2, -0.15) is 13.2 Å². The quantitative estimate of drug-likeness (QED) is 0.473. The van der Waals surface area contributed by atoms with Gasteiger partial charge in [0, 0.05) is 25.5 Å². The molecule has 1 spiro atoms. The van der Waals surface area contributed by atoms with Crippen molar-refractivity contribution in [2.75, 3.05) is 7.11 Å². The first-order valence-corrected chi connectivity index (χ1v) is 10.6. The Balaban J connectivity index is 1.74. The number of esters is 1. The molecule has 2 aliphatic rings. The first-order valence-electron chi connectivity index (χ1n) is 10.6. The van der Waals surface area contributed by atoms with Gasteiger partial charge in [-0.1, -0.05) is 18.2 Å². The van der Waals surface area contributed by atoms with Crippen molar-refractivity contribution in [3.8, 4) is 11.1 Å². The van der Waals surface area contributed by atoms with Gasteiger partial charge in [0.1, 0.15) is 0 Å². The Labute approximate surface area is 184 Å². The maximum absolute atomic E-state index is 13.2. The Morgan fingerprint density at radius 3 is 2.31 bits per heavy atom. The molecule has 2 N–H and O–H groups in total. The number of alkyl halides is 3. The van der Waals surface area contributed by atoms with Gasteiger partial charge in [-0.15, -0.1) is 0 Å². The normalized spacial score (nSPS) is 23.7. The summed E-state index contributed by atoms with van der Waals surface area (Å²) in [7, 11) is 1.66. The molecule has 0 unspecified atom stereocenters. The predicted molar refractivity (Wildman–Crippen MR) is 115 cm³/mol. The number of aryl methyl sites for hydroxylation is 2. The third-order valence-electron chi connectivity index (χ3n) is 6.61. The molecule has 1 fully saturated rings. The molecule has 32 heavy (non-hydrogen) atoms. The van der Waals surface area contributed by atoms with E-state index in [9.17, 15) is 18.0 Å². The van der Waals surface area contributed by atoms with Crippen molar-refractivity contribution in [2.24, 2.45) is 0 Å². The van der Waals surface area contributed by atoms with Gasteiger partial charge < -0.3 is 14.6 Å². The Kier molecular flexibility index (Phi) is 5.57. The summed E-state index contributed by atoms with van der Waals surface area (Å²) in [6.07, 6.45) is -1.81. The van der Waals surface area contributed by atoms with Gasteiger partial charge in [0.05, 0.1) is 11.7 Å². The summed E-state index contributed by atoms with van der Waals surface area (Å²) < 4.78 is 50.6. The molecule has 1 heterocycles. The monoisotopic (exact) mass is 447 g/mol. The maximum Gasteiger partial charge on any atom is 0.416 e. The van der Waals surface area contributed by atoms with Gasteiger partial charge in [-0.25, -0.2) is 4.79 Å². The summed E-state index contributed by atoms with van der Waals surface area (Å²) in [5.41, 5.74) is 1.77. The third kappa shape index (κ3) is 3.79. The third-order valence-corrected chi connectivity index (χ3v) is 6.61. The highest BCUT2D eigenvalue weighted by molar-refractivity contribution is 6.20. The van der Waals surface area contributed by atoms with Crippen LogP contribution < -0.4 is 0 Å². The van der Waals surface area contributed by atoms with Crippen molar-refractivity contribution in [3.05, 3.63) is 64.4 Å². The van der Waals surface area contributed by atoms with Crippen LogP contribution in [-0.4, -0.2) is 29.9 Å². The van der Waals surface area contributed by atoms with Crippen LogP contribution >= 0.6 is 0 Å². The second-order valence-corrected chi connectivity index (χ2v) is 8.63. The fourth-order valence-corrected chi connectivity index (χ4v) is 4.76. The summed E-state index contributed by atoms with van der Waals surface area (Å²) in [6, 6.07) is 8.75. The summed E-state index contributed by atoms with van der Waals surface area (Å²) in [4.78, 5) is 12.8. The van der Waals surface area contributed by atoms with Gasteiger partial charge in [-0.3, -0.25) is 0 Å². The molecule has 0 amide bonds. The zero-order chi connectivity index (χ0) is 23.3. The van der Waals surface area contributed by atoms with Crippen LogP contribution in [-0.2, 0) is 20.4 Å². The van der Waals surface area contributed by atoms with E-state index in [1.165, 1.54) is 6.07 Å². The lowest BCUT2D eigenvalue weighted by Gasteiger charge is -2.33. The average Bonchev–Trinajstić information content (AvgIpc) is 2.99.